The lowest BCUT2D eigenvalue weighted by Crippen LogP contribution is -2.32. The molecule has 0 aromatic heterocycles. The summed E-state index contributed by atoms with van der Waals surface area (Å²) < 4.78 is 44.2. The number of anilines is 1. The van der Waals surface area contributed by atoms with Crippen molar-refractivity contribution >= 4 is 34.5 Å². The van der Waals surface area contributed by atoms with Gasteiger partial charge in [-0.3, -0.25) is 25.1 Å². The molecular weight excluding hydrogens is 387 g/mol. The van der Waals surface area contributed by atoms with Gasteiger partial charge >= 0.3 is 17.6 Å². The Kier molecular flexibility index (Phi) is 4.93. The molecule has 0 fully saturated rings. The summed E-state index contributed by atoms with van der Waals surface area (Å²) in [6, 6.07) is 0.125. The van der Waals surface area contributed by atoms with Crippen molar-refractivity contribution in [1.82, 2.24) is 0 Å². The Balaban J connectivity index is 2.88. The number of nitro groups is 2. The Hall–Kier alpha value is -3.09. The molecule has 1 aromatic carbocycles. The summed E-state index contributed by atoms with van der Waals surface area (Å²) in [7, 11) is 1.14. The summed E-state index contributed by atoms with van der Waals surface area (Å²) in [4.78, 5) is 24.8. The van der Waals surface area contributed by atoms with Gasteiger partial charge in [-0.1, -0.05) is 11.6 Å². The molecule has 1 aromatic rings. The number of hydrogen-bond donors (Lipinski definition) is 1. The van der Waals surface area contributed by atoms with Gasteiger partial charge in [-0.25, -0.2) is 4.99 Å². The molecule has 10 nitrogen and oxygen atoms in total. The number of alkyl halides is 3. The molecular formula is C12H9ClF3N5O5. The van der Waals surface area contributed by atoms with E-state index in [1.165, 1.54) is 0 Å². The summed E-state index contributed by atoms with van der Waals surface area (Å²) >= 11 is 5.58. The zero-order valence-electron chi connectivity index (χ0n) is 12.8. The Morgan fingerprint density at radius 3 is 2.42 bits per heavy atom. The normalized spacial score (nSPS) is 14.6. The lowest BCUT2D eigenvalue weighted by Gasteiger charge is -2.27. The molecule has 0 radical (unpaired) electrons. The maximum atomic E-state index is 13.1. The molecule has 0 atom stereocenters. The van der Waals surface area contributed by atoms with E-state index in [1.54, 1.807) is 0 Å². The van der Waals surface area contributed by atoms with Crippen molar-refractivity contribution in [3.8, 4) is 0 Å². The Bertz CT molecular complexity index is 855. The van der Waals surface area contributed by atoms with E-state index in [-0.39, 0.29) is 17.8 Å². The van der Waals surface area contributed by atoms with Gasteiger partial charge < -0.3 is 10.5 Å². The minimum Gasteiger partial charge on any atom is -0.482 e. The second-order valence-corrected chi connectivity index (χ2v) is 5.18. The van der Waals surface area contributed by atoms with E-state index in [1.807, 2.05) is 0 Å². The van der Waals surface area contributed by atoms with Crippen LogP contribution in [0.1, 0.15) is 5.56 Å². The van der Waals surface area contributed by atoms with Crippen LogP contribution in [0.2, 0.25) is 5.02 Å². The standard InChI is InChI=1S/C12H9ClF3N5O5/c1-26-8-3-7(17)18-4-19(8)10-6(20(22)23)2-5(12(14,15)16)9(13)11(10)21(24)25/h2-3H,4H2,1H3,(H2,17,18). The molecule has 1 aliphatic rings. The third-order valence-corrected chi connectivity index (χ3v) is 3.67. The minimum absolute atomic E-state index is 0.0404. The topological polar surface area (TPSA) is 137 Å². The average molecular weight is 396 g/mol. The Morgan fingerprint density at radius 1 is 1.35 bits per heavy atom. The second kappa shape index (κ2) is 6.67. The molecule has 0 saturated carbocycles. The maximum Gasteiger partial charge on any atom is 0.418 e. The van der Waals surface area contributed by atoms with Crippen LogP contribution in [0.3, 0.4) is 0 Å². The highest BCUT2D eigenvalue weighted by molar-refractivity contribution is 6.34. The van der Waals surface area contributed by atoms with E-state index in [2.05, 4.69) is 4.99 Å². The number of nitrogens with zero attached hydrogens (tertiary/aromatic N) is 4. The van der Waals surface area contributed by atoms with Gasteiger partial charge in [0.25, 0.3) is 0 Å². The molecule has 26 heavy (non-hydrogen) atoms. The number of ether oxygens (including phenoxy) is 1. The number of benzene rings is 1. The lowest BCUT2D eigenvalue weighted by molar-refractivity contribution is -0.393. The number of nitrogens with two attached hydrogens (primary N) is 1. The number of halogens is 4. The predicted octanol–water partition coefficient (Wildman–Crippen LogP) is 2.80. The molecule has 0 bridgehead atoms. The van der Waals surface area contributed by atoms with Gasteiger partial charge in [0.2, 0.25) is 5.69 Å². The average Bonchev–Trinajstić information content (AvgIpc) is 2.52. The van der Waals surface area contributed by atoms with Crippen molar-refractivity contribution in [2.75, 3.05) is 18.7 Å². The maximum absolute atomic E-state index is 13.1. The first-order valence-corrected chi connectivity index (χ1v) is 6.92. The van der Waals surface area contributed by atoms with Crippen molar-refractivity contribution in [3.05, 3.63) is 48.8 Å². The Labute approximate surface area is 147 Å². The number of methoxy groups -OCH3 is 1. The van der Waals surface area contributed by atoms with Crippen molar-refractivity contribution in [2.24, 2.45) is 10.7 Å². The predicted molar refractivity (Wildman–Crippen MR) is 83.8 cm³/mol. The van der Waals surface area contributed by atoms with Crippen LogP contribution in [-0.2, 0) is 10.9 Å². The van der Waals surface area contributed by atoms with Crippen LogP contribution in [0.15, 0.2) is 23.0 Å². The zero-order valence-corrected chi connectivity index (χ0v) is 13.5. The van der Waals surface area contributed by atoms with Crippen molar-refractivity contribution < 1.29 is 27.8 Å². The van der Waals surface area contributed by atoms with Crippen molar-refractivity contribution in [1.29, 1.82) is 0 Å². The molecule has 2 N–H and O–H groups in total. The summed E-state index contributed by atoms with van der Waals surface area (Å²) in [5.74, 6) is -0.235. The largest absolute Gasteiger partial charge is 0.482 e. The number of hydrogen-bond acceptors (Lipinski definition) is 8. The highest BCUT2D eigenvalue weighted by Crippen LogP contribution is 2.49. The zero-order chi connectivity index (χ0) is 19.8. The van der Waals surface area contributed by atoms with Gasteiger partial charge in [-0.05, 0) is 0 Å². The van der Waals surface area contributed by atoms with Gasteiger partial charge in [0.05, 0.1) is 22.5 Å². The number of amidine groups is 1. The first-order valence-electron chi connectivity index (χ1n) is 6.54. The van der Waals surface area contributed by atoms with Gasteiger partial charge in [0, 0.05) is 12.1 Å². The fraction of sp³-hybridized carbons (Fsp3) is 0.250. The minimum atomic E-state index is -5.14. The molecule has 0 saturated heterocycles. The molecule has 1 aliphatic heterocycles. The van der Waals surface area contributed by atoms with Crippen LogP contribution in [0.25, 0.3) is 0 Å². The van der Waals surface area contributed by atoms with Gasteiger partial charge in [-0.15, -0.1) is 0 Å². The summed E-state index contributed by atoms with van der Waals surface area (Å²) in [5, 5.41) is 21.4. The molecule has 2 rings (SSSR count). The van der Waals surface area contributed by atoms with Crippen LogP contribution in [0.4, 0.5) is 30.2 Å². The van der Waals surface area contributed by atoms with Crippen LogP contribution < -0.4 is 10.6 Å². The van der Waals surface area contributed by atoms with Gasteiger partial charge in [-0.2, -0.15) is 13.2 Å². The van der Waals surface area contributed by atoms with Gasteiger partial charge in [0.1, 0.15) is 17.5 Å². The van der Waals surface area contributed by atoms with E-state index in [9.17, 15) is 33.4 Å². The third kappa shape index (κ3) is 3.33. The quantitative estimate of drug-likeness (QED) is 0.611. The summed E-state index contributed by atoms with van der Waals surface area (Å²) in [6.45, 7) is -0.463. The fourth-order valence-corrected chi connectivity index (χ4v) is 2.54. The molecule has 14 heteroatoms. The van der Waals surface area contributed by atoms with Crippen LogP contribution in [0.5, 0.6) is 0 Å². The van der Waals surface area contributed by atoms with Gasteiger partial charge in [0.15, 0.2) is 5.88 Å². The smallest absolute Gasteiger partial charge is 0.418 e. The SMILES string of the molecule is COC1=CC(N)=NCN1c1c([N+](=O)[O-])cc(C(F)(F)F)c(Cl)c1[N+](=O)[O-]. The van der Waals surface area contributed by atoms with Crippen molar-refractivity contribution in [3.63, 3.8) is 0 Å². The molecule has 0 aliphatic carbocycles. The highest BCUT2D eigenvalue weighted by Gasteiger charge is 2.44. The van der Waals surface area contributed by atoms with E-state index < -0.39 is 50.3 Å². The summed E-state index contributed by atoms with van der Waals surface area (Å²) in [5.41, 5.74) is 0.477. The number of rotatable bonds is 4. The first kappa shape index (κ1) is 19.2. The molecule has 0 amide bonds. The summed E-state index contributed by atoms with van der Waals surface area (Å²) in [6.07, 6.45) is -4.04. The van der Waals surface area contributed by atoms with Crippen molar-refractivity contribution in [2.45, 2.75) is 6.18 Å². The molecule has 0 spiro atoms. The third-order valence-electron chi connectivity index (χ3n) is 3.29. The highest BCUT2D eigenvalue weighted by atomic mass is 35.5. The molecule has 140 valence electrons. The molecule has 0 unspecified atom stereocenters. The van der Waals surface area contributed by atoms with E-state index in [4.69, 9.17) is 22.1 Å². The van der Waals surface area contributed by atoms with Crippen LogP contribution >= 0.6 is 11.6 Å². The molecule has 1 heterocycles. The number of nitro benzene ring substituents is 2. The Morgan fingerprint density at radius 2 is 1.96 bits per heavy atom. The van der Waals surface area contributed by atoms with E-state index in [0.717, 1.165) is 18.1 Å². The monoisotopic (exact) mass is 395 g/mol. The lowest BCUT2D eigenvalue weighted by atomic mass is 10.1. The fourth-order valence-electron chi connectivity index (χ4n) is 2.22. The number of aliphatic imine (C=N–C) groups is 1. The van der Waals surface area contributed by atoms with Crippen LogP contribution in [-0.4, -0.2) is 29.5 Å². The van der Waals surface area contributed by atoms with Crippen LogP contribution in [0, 0.1) is 20.2 Å². The van der Waals surface area contributed by atoms with E-state index >= 15 is 0 Å². The first-order chi connectivity index (χ1) is 12.0. The van der Waals surface area contributed by atoms with E-state index in [0.29, 0.717) is 0 Å². The second-order valence-electron chi connectivity index (χ2n) is 4.81.